The molecular weight excluding hydrogens is 320 g/mol. The van der Waals surface area contributed by atoms with Crippen molar-refractivity contribution in [3.63, 3.8) is 0 Å². The van der Waals surface area contributed by atoms with Gasteiger partial charge in [0, 0.05) is 6.07 Å². The van der Waals surface area contributed by atoms with Crippen molar-refractivity contribution < 1.29 is 27.4 Å². The van der Waals surface area contributed by atoms with Crippen molar-refractivity contribution >= 4 is 9.84 Å². The van der Waals surface area contributed by atoms with E-state index in [0.29, 0.717) is 43.7 Å². The Balaban J connectivity index is 1.82. The molecule has 0 saturated carbocycles. The first-order valence-electron chi connectivity index (χ1n) is 7.19. The van der Waals surface area contributed by atoms with Crippen molar-refractivity contribution in [2.24, 2.45) is 0 Å². The lowest BCUT2D eigenvalue weighted by Gasteiger charge is -2.21. The van der Waals surface area contributed by atoms with E-state index in [1.165, 1.54) is 18.2 Å². The molecule has 2 aliphatic heterocycles. The number of hydrogen-bond donors (Lipinski definition) is 0. The molecule has 0 saturated heterocycles. The molecule has 2 aliphatic rings. The van der Waals surface area contributed by atoms with Crippen LogP contribution in [-0.4, -0.2) is 34.8 Å². The third-order valence-electron chi connectivity index (χ3n) is 3.64. The van der Waals surface area contributed by atoms with Gasteiger partial charge in [-0.25, -0.2) is 8.42 Å². The van der Waals surface area contributed by atoms with Crippen LogP contribution < -0.4 is 18.9 Å². The van der Waals surface area contributed by atoms with Gasteiger partial charge < -0.3 is 18.9 Å². The molecule has 0 atom stereocenters. The van der Waals surface area contributed by atoms with Crippen LogP contribution >= 0.6 is 0 Å². The van der Waals surface area contributed by atoms with Crippen LogP contribution in [0.4, 0.5) is 0 Å². The second-order valence-electron chi connectivity index (χ2n) is 5.09. The predicted octanol–water partition coefficient (Wildman–Crippen LogP) is 2.06. The fourth-order valence-corrected chi connectivity index (χ4v) is 4.00. The third kappa shape index (κ3) is 2.37. The Hall–Kier alpha value is -2.41. The lowest BCUT2D eigenvalue weighted by molar-refractivity contribution is 0.167. The Bertz CT molecular complexity index is 859. The highest BCUT2D eigenvalue weighted by Crippen LogP contribution is 2.40. The monoisotopic (exact) mass is 334 g/mol. The second-order valence-corrected chi connectivity index (χ2v) is 7.01. The van der Waals surface area contributed by atoms with E-state index in [9.17, 15) is 8.42 Å². The van der Waals surface area contributed by atoms with Gasteiger partial charge in [-0.1, -0.05) is 6.07 Å². The van der Waals surface area contributed by atoms with E-state index in [1.54, 1.807) is 18.2 Å². The first-order chi connectivity index (χ1) is 11.2. The van der Waals surface area contributed by atoms with E-state index in [2.05, 4.69) is 0 Å². The van der Waals surface area contributed by atoms with Gasteiger partial charge in [-0.3, -0.25) is 0 Å². The number of rotatable bonds is 2. The number of ether oxygens (including phenoxy) is 4. The Kier molecular flexibility index (Phi) is 3.30. The van der Waals surface area contributed by atoms with E-state index >= 15 is 0 Å². The van der Waals surface area contributed by atoms with Gasteiger partial charge in [0.2, 0.25) is 9.84 Å². The molecule has 0 radical (unpaired) electrons. The molecule has 0 N–H and O–H groups in total. The van der Waals surface area contributed by atoms with Gasteiger partial charge in [0.1, 0.15) is 31.3 Å². The summed E-state index contributed by atoms with van der Waals surface area (Å²) in [4.78, 5) is 0.218. The number of benzene rings is 2. The smallest absolute Gasteiger partial charge is 0.210 e. The van der Waals surface area contributed by atoms with Gasteiger partial charge in [-0.2, -0.15) is 0 Å². The summed E-state index contributed by atoms with van der Waals surface area (Å²) in [6.45, 7) is 1.58. The Morgan fingerprint density at radius 2 is 1.43 bits per heavy atom. The summed E-state index contributed by atoms with van der Waals surface area (Å²) >= 11 is 0. The Labute approximate surface area is 133 Å². The lowest BCUT2D eigenvalue weighted by Crippen LogP contribution is -2.18. The molecule has 0 bridgehead atoms. The number of hydrogen-bond acceptors (Lipinski definition) is 6. The fourth-order valence-electron chi connectivity index (χ4n) is 2.58. The highest BCUT2D eigenvalue weighted by atomic mass is 32.2. The maximum Gasteiger partial charge on any atom is 0.210 e. The first kappa shape index (κ1) is 14.2. The Morgan fingerprint density at radius 1 is 0.739 bits per heavy atom. The zero-order valence-electron chi connectivity index (χ0n) is 12.2. The molecule has 2 aromatic rings. The van der Waals surface area contributed by atoms with Crippen LogP contribution in [0.5, 0.6) is 23.0 Å². The van der Waals surface area contributed by atoms with E-state index < -0.39 is 9.84 Å². The normalized spacial score (nSPS) is 16.0. The lowest BCUT2D eigenvalue weighted by atomic mass is 10.3. The molecule has 0 aliphatic carbocycles. The predicted molar refractivity (Wildman–Crippen MR) is 80.3 cm³/mol. The summed E-state index contributed by atoms with van der Waals surface area (Å²) in [5.74, 6) is 1.67. The first-order valence-corrected chi connectivity index (χ1v) is 8.68. The minimum Gasteiger partial charge on any atom is -0.486 e. The van der Waals surface area contributed by atoms with Gasteiger partial charge in [-0.15, -0.1) is 0 Å². The summed E-state index contributed by atoms with van der Waals surface area (Å²) < 4.78 is 47.8. The van der Waals surface area contributed by atoms with Crippen LogP contribution in [-0.2, 0) is 9.84 Å². The summed E-state index contributed by atoms with van der Waals surface area (Å²) in [6.07, 6.45) is 0. The standard InChI is InChI=1S/C16H14O6S/c17-23(18,11-4-5-12-14(10-11)21-7-6-19-12)15-3-1-2-13-16(15)22-9-8-20-13/h1-5,10H,6-9H2. The fraction of sp³-hybridized carbons (Fsp3) is 0.250. The highest BCUT2D eigenvalue weighted by molar-refractivity contribution is 7.91. The van der Waals surface area contributed by atoms with Crippen molar-refractivity contribution in [1.82, 2.24) is 0 Å². The molecule has 7 heteroatoms. The molecule has 2 aromatic carbocycles. The molecule has 0 fully saturated rings. The molecule has 23 heavy (non-hydrogen) atoms. The highest BCUT2D eigenvalue weighted by Gasteiger charge is 2.28. The van der Waals surface area contributed by atoms with Crippen LogP contribution in [0.1, 0.15) is 0 Å². The van der Waals surface area contributed by atoms with E-state index in [4.69, 9.17) is 18.9 Å². The summed E-state index contributed by atoms with van der Waals surface area (Å²) in [6, 6.07) is 9.43. The van der Waals surface area contributed by atoms with Crippen LogP contribution in [0.25, 0.3) is 0 Å². The van der Waals surface area contributed by atoms with Gasteiger partial charge in [0.25, 0.3) is 0 Å². The average molecular weight is 334 g/mol. The van der Waals surface area contributed by atoms with Crippen molar-refractivity contribution in [3.05, 3.63) is 36.4 Å². The molecule has 2 heterocycles. The quantitative estimate of drug-likeness (QED) is 0.837. The van der Waals surface area contributed by atoms with Crippen molar-refractivity contribution in [1.29, 1.82) is 0 Å². The van der Waals surface area contributed by atoms with Crippen LogP contribution in [0.3, 0.4) is 0 Å². The molecule has 0 unspecified atom stereocenters. The minimum atomic E-state index is -3.75. The molecule has 0 aromatic heterocycles. The average Bonchev–Trinajstić information content (AvgIpc) is 2.60. The van der Waals surface area contributed by atoms with Crippen molar-refractivity contribution in [3.8, 4) is 23.0 Å². The molecule has 120 valence electrons. The van der Waals surface area contributed by atoms with Crippen LogP contribution in [0.2, 0.25) is 0 Å². The van der Waals surface area contributed by atoms with Gasteiger partial charge in [0.15, 0.2) is 23.0 Å². The van der Waals surface area contributed by atoms with Crippen LogP contribution in [0.15, 0.2) is 46.2 Å². The van der Waals surface area contributed by atoms with Gasteiger partial charge in [0.05, 0.1) is 4.90 Å². The molecule has 0 spiro atoms. The summed E-state index contributed by atoms with van der Waals surface area (Å²) in [5.41, 5.74) is 0. The number of fused-ring (bicyclic) bond motifs is 2. The molecular formula is C16H14O6S. The summed E-state index contributed by atoms with van der Waals surface area (Å²) in [5, 5.41) is 0. The van der Waals surface area contributed by atoms with E-state index in [-0.39, 0.29) is 15.5 Å². The van der Waals surface area contributed by atoms with Gasteiger partial charge in [-0.05, 0) is 24.3 Å². The Morgan fingerprint density at radius 3 is 2.26 bits per heavy atom. The van der Waals surface area contributed by atoms with Crippen LogP contribution in [0, 0.1) is 0 Å². The topological polar surface area (TPSA) is 71.1 Å². The second kappa shape index (κ2) is 5.34. The maximum absolute atomic E-state index is 13.0. The minimum absolute atomic E-state index is 0.0892. The third-order valence-corrected chi connectivity index (χ3v) is 5.42. The molecule has 6 nitrogen and oxygen atoms in total. The van der Waals surface area contributed by atoms with Crippen molar-refractivity contribution in [2.75, 3.05) is 26.4 Å². The van der Waals surface area contributed by atoms with E-state index in [1.807, 2.05) is 0 Å². The zero-order chi connectivity index (χ0) is 15.9. The number of para-hydroxylation sites is 1. The zero-order valence-corrected chi connectivity index (χ0v) is 13.0. The van der Waals surface area contributed by atoms with E-state index in [0.717, 1.165) is 0 Å². The maximum atomic E-state index is 13.0. The van der Waals surface area contributed by atoms with Gasteiger partial charge >= 0.3 is 0 Å². The SMILES string of the molecule is O=S(=O)(c1ccc2c(c1)OCCO2)c1cccc2c1OCCO2. The summed E-state index contributed by atoms with van der Waals surface area (Å²) in [7, 11) is -3.75. The number of sulfone groups is 1. The van der Waals surface area contributed by atoms with Crippen molar-refractivity contribution in [2.45, 2.75) is 9.79 Å². The molecule has 4 rings (SSSR count). The molecule has 0 amide bonds. The largest absolute Gasteiger partial charge is 0.486 e.